The smallest absolute Gasteiger partial charge is 0.127 e. The molecule has 1 saturated carbocycles. The van der Waals surface area contributed by atoms with Crippen LogP contribution in [0.15, 0.2) is 18.2 Å². The van der Waals surface area contributed by atoms with Gasteiger partial charge in [0.25, 0.3) is 0 Å². The molecular formula is C15H23NO2. The van der Waals surface area contributed by atoms with Crippen LogP contribution in [0.3, 0.4) is 0 Å². The van der Waals surface area contributed by atoms with Gasteiger partial charge in [0.2, 0.25) is 0 Å². The number of hydrogen-bond acceptors (Lipinski definition) is 3. The van der Waals surface area contributed by atoms with Gasteiger partial charge in [-0.05, 0) is 32.3 Å². The highest BCUT2D eigenvalue weighted by molar-refractivity contribution is 5.40. The molecule has 0 aliphatic heterocycles. The van der Waals surface area contributed by atoms with Gasteiger partial charge in [-0.15, -0.1) is 0 Å². The van der Waals surface area contributed by atoms with E-state index in [4.69, 9.17) is 9.47 Å². The van der Waals surface area contributed by atoms with Crippen LogP contribution in [0.2, 0.25) is 0 Å². The summed E-state index contributed by atoms with van der Waals surface area (Å²) in [4.78, 5) is 0. The summed E-state index contributed by atoms with van der Waals surface area (Å²) in [7, 11) is 0. The molecular weight excluding hydrogens is 226 g/mol. The van der Waals surface area contributed by atoms with Crippen LogP contribution in [0.1, 0.15) is 38.7 Å². The van der Waals surface area contributed by atoms with E-state index in [1.807, 2.05) is 19.1 Å². The minimum Gasteiger partial charge on any atom is -0.493 e. The molecule has 1 aliphatic carbocycles. The maximum atomic E-state index is 5.69. The molecule has 1 aromatic rings. The summed E-state index contributed by atoms with van der Waals surface area (Å²) in [5.74, 6) is 1.84. The third-order valence-corrected chi connectivity index (χ3v) is 2.97. The fourth-order valence-corrected chi connectivity index (χ4v) is 1.82. The lowest BCUT2D eigenvalue weighted by atomic mass is 10.2. The second-order valence-electron chi connectivity index (χ2n) is 4.71. The van der Waals surface area contributed by atoms with E-state index in [2.05, 4.69) is 18.3 Å². The summed E-state index contributed by atoms with van der Waals surface area (Å²) >= 11 is 0. The molecule has 1 aromatic carbocycles. The zero-order chi connectivity index (χ0) is 12.8. The summed E-state index contributed by atoms with van der Waals surface area (Å²) in [6, 6.07) is 6.85. The van der Waals surface area contributed by atoms with E-state index in [1.54, 1.807) is 0 Å². The van der Waals surface area contributed by atoms with E-state index in [9.17, 15) is 0 Å². The molecule has 0 spiro atoms. The van der Waals surface area contributed by atoms with Crippen LogP contribution in [0.4, 0.5) is 0 Å². The van der Waals surface area contributed by atoms with Gasteiger partial charge in [0.05, 0.1) is 13.2 Å². The monoisotopic (exact) mass is 249 g/mol. The third kappa shape index (κ3) is 3.91. The van der Waals surface area contributed by atoms with E-state index >= 15 is 0 Å². The summed E-state index contributed by atoms with van der Waals surface area (Å²) in [6.45, 7) is 6.45. The fraction of sp³-hybridized carbons (Fsp3) is 0.600. The molecule has 0 heterocycles. The SMILES string of the molecule is CCCOc1ccc(CNC2CC2)c(OCC)c1. The van der Waals surface area contributed by atoms with Gasteiger partial charge in [-0.3, -0.25) is 0 Å². The van der Waals surface area contributed by atoms with Crippen LogP contribution in [0, 0.1) is 0 Å². The number of ether oxygens (including phenoxy) is 2. The molecule has 3 heteroatoms. The van der Waals surface area contributed by atoms with Crippen molar-refractivity contribution in [2.24, 2.45) is 0 Å². The summed E-state index contributed by atoms with van der Waals surface area (Å²) < 4.78 is 11.3. The van der Waals surface area contributed by atoms with Gasteiger partial charge < -0.3 is 14.8 Å². The first-order valence-corrected chi connectivity index (χ1v) is 6.95. The molecule has 0 bridgehead atoms. The number of benzene rings is 1. The van der Waals surface area contributed by atoms with Crippen molar-refractivity contribution in [3.05, 3.63) is 23.8 Å². The van der Waals surface area contributed by atoms with Gasteiger partial charge >= 0.3 is 0 Å². The largest absolute Gasteiger partial charge is 0.493 e. The Hall–Kier alpha value is -1.22. The van der Waals surface area contributed by atoms with E-state index in [0.717, 1.165) is 37.1 Å². The van der Waals surface area contributed by atoms with Gasteiger partial charge in [0.1, 0.15) is 11.5 Å². The van der Waals surface area contributed by atoms with Crippen molar-refractivity contribution in [3.63, 3.8) is 0 Å². The maximum absolute atomic E-state index is 5.69. The first-order valence-electron chi connectivity index (χ1n) is 6.95. The summed E-state index contributed by atoms with van der Waals surface area (Å²) in [5.41, 5.74) is 1.22. The lowest BCUT2D eigenvalue weighted by Gasteiger charge is -2.13. The van der Waals surface area contributed by atoms with Crippen LogP contribution < -0.4 is 14.8 Å². The molecule has 18 heavy (non-hydrogen) atoms. The number of nitrogens with one attached hydrogen (secondary N) is 1. The first-order chi connectivity index (χ1) is 8.83. The van der Waals surface area contributed by atoms with Crippen molar-refractivity contribution >= 4 is 0 Å². The molecule has 2 rings (SSSR count). The van der Waals surface area contributed by atoms with Gasteiger partial charge in [0.15, 0.2) is 0 Å². The Morgan fingerprint density at radius 1 is 1.22 bits per heavy atom. The molecule has 0 aromatic heterocycles. The lowest BCUT2D eigenvalue weighted by Crippen LogP contribution is -2.16. The topological polar surface area (TPSA) is 30.5 Å². The Morgan fingerprint density at radius 2 is 2.06 bits per heavy atom. The van der Waals surface area contributed by atoms with Crippen molar-refractivity contribution in [3.8, 4) is 11.5 Å². The van der Waals surface area contributed by atoms with Crippen LogP contribution in [0.5, 0.6) is 11.5 Å². The van der Waals surface area contributed by atoms with Crippen molar-refractivity contribution in [1.82, 2.24) is 5.32 Å². The number of hydrogen-bond donors (Lipinski definition) is 1. The molecule has 0 saturated heterocycles. The molecule has 1 N–H and O–H groups in total. The molecule has 1 fully saturated rings. The Labute approximate surface area is 109 Å². The van der Waals surface area contributed by atoms with Gasteiger partial charge in [-0.1, -0.05) is 13.0 Å². The average Bonchev–Trinajstić information content (AvgIpc) is 3.19. The Kier molecular flexibility index (Phi) is 4.88. The van der Waals surface area contributed by atoms with Crippen molar-refractivity contribution in [2.75, 3.05) is 13.2 Å². The standard InChI is InChI=1S/C15H23NO2/c1-3-9-18-14-8-5-12(11-16-13-6-7-13)15(10-14)17-4-2/h5,8,10,13,16H,3-4,6-7,9,11H2,1-2H3. The highest BCUT2D eigenvalue weighted by Gasteiger charge is 2.20. The molecule has 0 atom stereocenters. The zero-order valence-electron chi connectivity index (χ0n) is 11.4. The Morgan fingerprint density at radius 3 is 2.72 bits per heavy atom. The summed E-state index contributed by atoms with van der Waals surface area (Å²) in [5, 5.41) is 3.51. The molecule has 100 valence electrons. The second kappa shape index (κ2) is 6.64. The minimum atomic E-state index is 0.688. The van der Waals surface area contributed by atoms with Gasteiger partial charge in [0, 0.05) is 24.2 Å². The van der Waals surface area contributed by atoms with Crippen LogP contribution in [-0.2, 0) is 6.54 Å². The lowest BCUT2D eigenvalue weighted by molar-refractivity contribution is 0.307. The fourth-order valence-electron chi connectivity index (χ4n) is 1.82. The zero-order valence-corrected chi connectivity index (χ0v) is 11.4. The molecule has 0 radical (unpaired) electrons. The van der Waals surface area contributed by atoms with Crippen LogP contribution in [0.25, 0.3) is 0 Å². The highest BCUT2D eigenvalue weighted by atomic mass is 16.5. The Balaban J connectivity index is 2.01. The second-order valence-corrected chi connectivity index (χ2v) is 4.71. The Bertz CT molecular complexity index is 375. The van der Waals surface area contributed by atoms with Gasteiger partial charge in [-0.2, -0.15) is 0 Å². The molecule has 1 aliphatic rings. The molecule has 0 unspecified atom stereocenters. The van der Waals surface area contributed by atoms with E-state index in [0.29, 0.717) is 6.61 Å². The van der Waals surface area contributed by atoms with E-state index < -0.39 is 0 Å². The quantitative estimate of drug-likeness (QED) is 0.768. The van der Waals surface area contributed by atoms with Crippen molar-refractivity contribution in [1.29, 1.82) is 0 Å². The predicted octanol–water partition coefficient (Wildman–Crippen LogP) is 3.13. The number of rotatable bonds is 8. The van der Waals surface area contributed by atoms with E-state index in [-0.39, 0.29) is 0 Å². The summed E-state index contributed by atoms with van der Waals surface area (Å²) in [6.07, 6.45) is 3.64. The maximum Gasteiger partial charge on any atom is 0.127 e. The molecule has 3 nitrogen and oxygen atoms in total. The van der Waals surface area contributed by atoms with Crippen LogP contribution >= 0.6 is 0 Å². The normalized spacial score (nSPS) is 14.6. The predicted molar refractivity (Wildman–Crippen MR) is 73.3 cm³/mol. The van der Waals surface area contributed by atoms with Gasteiger partial charge in [-0.25, -0.2) is 0 Å². The van der Waals surface area contributed by atoms with E-state index in [1.165, 1.54) is 18.4 Å². The van der Waals surface area contributed by atoms with Crippen molar-refractivity contribution < 1.29 is 9.47 Å². The first kappa shape index (κ1) is 13.2. The molecule has 0 amide bonds. The average molecular weight is 249 g/mol. The third-order valence-electron chi connectivity index (χ3n) is 2.97. The van der Waals surface area contributed by atoms with Crippen molar-refractivity contribution in [2.45, 2.75) is 45.7 Å². The minimum absolute atomic E-state index is 0.688. The van der Waals surface area contributed by atoms with Crippen LogP contribution in [-0.4, -0.2) is 19.3 Å². The highest BCUT2D eigenvalue weighted by Crippen LogP contribution is 2.27.